The van der Waals surface area contributed by atoms with E-state index in [9.17, 15) is 18.8 Å². The number of nitrogens with zero attached hydrogens (tertiary/aromatic N) is 3. The van der Waals surface area contributed by atoms with Gasteiger partial charge in [0.25, 0.3) is 11.5 Å². The lowest BCUT2D eigenvalue weighted by Gasteiger charge is -2.31. The summed E-state index contributed by atoms with van der Waals surface area (Å²) in [6, 6.07) is 15.8. The molecule has 1 aliphatic rings. The molecule has 1 atom stereocenters. The van der Waals surface area contributed by atoms with Gasteiger partial charge < -0.3 is 14.1 Å². The number of aromatic nitrogens is 2. The summed E-state index contributed by atoms with van der Waals surface area (Å²) in [5.74, 6) is -0.759. The van der Waals surface area contributed by atoms with Crippen LogP contribution in [0, 0.1) is 11.7 Å². The lowest BCUT2D eigenvalue weighted by atomic mass is 9.97. The number of likely N-dealkylation sites (tertiary alicyclic amines) is 1. The number of amides is 1. The molecule has 8 nitrogen and oxygen atoms in total. The van der Waals surface area contributed by atoms with Gasteiger partial charge in [-0.1, -0.05) is 12.1 Å². The van der Waals surface area contributed by atoms with E-state index in [1.165, 1.54) is 35.1 Å². The molecule has 1 amide bonds. The third kappa shape index (κ3) is 4.91. The SMILES string of the molecule is O=C(OCc1nc2ccccc2c(=O)n1Cc1ccco1)[C@@H]1CCCN(C(=O)c2ccc(F)cc2)C1. The van der Waals surface area contributed by atoms with Crippen LogP contribution in [0.4, 0.5) is 4.39 Å². The number of benzene rings is 2. The Morgan fingerprint density at radius 1 is 1.08 bits per heavy atom. The molecule has 5 rings (SSSR count). The first-order valence-corrected chi connectivity index (χ1v) is 11.7. The number of carbonyl (C=O) groups is 2. The van der Waals surface area contributed by atoms with Crippen LogP contribution in [0.3, 0.4) is 0 Å². The Hall–Kier alpha value is -4.27. The number of carbonyl (C=O) groups excluding carboxylic acids is 2. The maximum atomic E-state index is 13.2. The average molecular weight is 490 g/mol. The molecule has 4 aromatic rings. The van der Waals surface area contributed by atoms with Crippen LogP contribution in [0.1, 0.15) is 34.8 Å². The van der Waals surface area contributed by atoms with E-state index < -0.39 is 17.7 Å². The topological polar surface area (TPSA) is 94.6 Å². The van der Waals surface area contributed by atoms with E-state index in [-0.39, 0.29) is 31.2 Å². The molecular weight excluding hydrogens is 465 g/mol. The second-order valence-electron chi connectivity index (χ2n) is 8.72. The smallest absolute Gasteiger partial charge is 0.311 e. The lowest BCUT2D eigenvalue weighted by molar-refractivity contribution is -0.151. The van der Waals surface area contributed by atoms with Gasteiger partial charge in [0, 0.05) is 18.7 Å². The highest BCUT2D eigenvalue weighted by atomic mass is 19.1. The lowest BCUT2D eigenvalue weighted by Crippen LogP contribution is -2.42. The molecule has 0 saturated carbocycles. The number of hydrogen-bond acceptors (Lipinski definition) is 6. The predicted molar refractivity (Wildman–Crippen MR) is 129 cm³/mol. The van der Waals surface area contributed by atoms with Crippen LogP contribution in [-0.2, 0) is 22.7 Å². The van der Waals surface area contributed by atoms with Crippen LogP contribution in [0.25, 0.3) is 10.9 Å². The summed E-state index contributed by atoms with van der Waals surface area (Å²) in [5, 5.41) is 0.460. The van der Waals surface area contributed by atoms with Gasteiger partial charge in [0.15, 0.2) is 5.82 Å². The zero-order valence-corrected chi connectivity index (χ0v) is 19.4. The average Bonchev–Trinajstić information content (AvgIpc) is 3.42. The van der Waals surface area contributed by atoms with Crippen molar-refractivity contribution in [2.45, 2.75) is 26.0 Å². The van der Waals surface area contributed by atoms with E-state index in [2.05, 4.69) is 4.98 Å². The molecule has 1 aliphatic heterocycles. The maximum absolute atomic E-state index is 13.2. The molecule has 1 saturated heterocycles. The Labute approximate surface area is 205 Å². The van der Waals surface area contributed by atoms with Crippen molar-refractivity contribution >= 4 is 22.8 Å². The second-order valence-corrected chi connectivity index (χ2v) is 8.72. The first-order chi connectivity index (χ1) is 17.5. The quantitative estimate of drug-likeness (QED) is 0.383. The van der Waals surface area contributed by atoms with E-state index in [1.807, 2.05) is 0 Å². The van der Waals surface area contributed by atoms with E-state index in [0.29, 0.717) is 47.4 Å². The first kappa shape index (κ1) is 23.5. The van der Waals surface area contributed by atoms with Crippen LogP contribution in [0.15, 0.2) is 76.1 Å². The minimum absolute atomic E-state index is 0.153. The van der Waals surface area contributed by atoms with Gasteiger partial charge in [-0.15, -0.1) is 0 Å². The number of hydrogen-bond donors (Lipinski definition) is 0. The predicted octanol–water partition coefficient (Wildman–Crippen LogP) is 3.77. The molecule has 0 N–H and O–H groups in total. The largest absolute Gasteiger partial charge is 0.467 e. The summed E-state index contributed by atoms with van der Waals surface area (Å²) in [6.07, 6.45) is 2.75. The van der Waals surface area contributed by atoms with Gasteiger partial charge in [0.2, 0.25) is 0 Å². The maximum Gasteiger partial charge on any atom is 0.311 e. The summed E-state index contributed by atoms with van der Waals surface area (Å²) in [6.45, 7) is 0.677. The van der Waals surface area contributed by atoms with Crippen molar-refractivity contribution < 1.29 is 23.1 Å². The van der Waals surface area contributed by atoms with Gasteiger partial charge in [-0.25, -0.2) is 9.37 Å². The molecule has 2 aromatic carbocycles. The fourth-order valence-corrected chi connectivity index (χ4v) is 4.43. The van der Waals surface area contributed by atoms with Crippen molar-refractivity contribution in [2.75, 3.05) is 13.1 Å². The highest BCUT2D eigenvalue weighted by Crippen LogP contribution is 2.21. The van der Waals surface area contributed by atoms with Gasteiger partial charge in [-0.3, -0.25) is 19.0 Å². The first-order valence-electron chi connectivity index (χ1n) is 11.7. The molecule has 1 fully saturated rings. The number of ether oxygens (including phenoxy) is 1. The molecule has 9 heteroatoms. The minimum Gasteiger partial charge on any atom is -0.467 e. The number of esters is 1. The Morgan fingerprint density at radius 2 is 1.89 bits per heavy atom. The molecule has 0 unspecified atom stereocenters. The molecule has 3 heterocycles. The normalized spacial score (nSPS) is 15.7. The molecule has 184 valence electrons. The number of para-hydroxylation sites is 1. The van der Waals surface area contributed by atoms with Crippen molar-refractivity contribution in [1.29, 1.82) is 0 Å². The standard InChI is InChI=1S/C27H24FN3O5/c28-20-11-9-18(10-12-20)25(32)30-13-3-5-19(15-30)27(34)36-17-24-29-23-8-2-1-7-22(23)26(33)31(24)16-21-6-4-14-35-21/h1-2,4,6-12,14,19H,3,5,13,15-17H2/t19-/m1/s1. The molecule has 0 radical (unpaired) electrons. The van der Waals surface area contributed by atoms with Crippen molar-refractivity contribution in [3.05, 3.63) is 100 Å². The molecule has 0 bridgehead atoms. The third-order valence-corrected chi connectivity index (χ3v) is 6.31. The van der Waals surface area contributed by atoms with Gasteiger partial charge in [0.1, 0.15) is 18.2 Å². The summed E-state index contributed by atoms with van der Waals surface area (Å²) >= 11 is 0. The zero-order chi connectivity index (χ0) is 25.1. The van der Waals surface area contributed by atoms with Crippen molar-refractivity contribution in [2.24, 2.45) is 5.92 Å². The Bertz CT molecular complexity index is 1450. The van der Waals surface area contributed by atoms with Crippen LogP contribution < -0.4 is 5.56 Å². The summed E-state index contributed by atoms with van der Waals surface area (Å²) in [7, 11) is 0. The third-order valence-electron chi connectivity index (χ3n) is 6.31. The fourth-order valence-electron chi connectivity index (χ4n) is 4.43. The minimum atomic E-state index is -0.506. The Kier molecular flexibility index (Phi) is 6.62. The van der Waals surface area contributed by atoms with E-state index in [4.69, 9.17) is 9.15 Å². The van der Waals surface area contributed by atoms with Gasteiger partial charge >= 0.3 is 5.97 Å². The fraction of sp³-hybridized carbons (Fsp3) is 0.259. The van der Waals surface area contributed by atoms with Gasteiger partial charge in [-0.2, -0.15) is 0 Å². The molecule has 0 aliphatic carbocycles. The van der Waals surface area contributed by atoms with Crippen LogP contribution >= 0.6 is 0 Å². The highest BCUT2D eigenvalue weighted by molar-refractivity contribution is 5.94. The Morgan fingerprint density at radius 3 is 2.67 bits per heavy atom. The van der Waals surface area contributed by atoms with Crippen molar-refractivity contribution in [3.8, 4) is 0 Å². The second kappa shape index (κ2) is 10.2. The molecular formula is C27H24FN3O5. The molecule has 2 aromatic heterocycles. The van der Waals surface area contributed by atoms with Gasteiger partial charge in [-0.05, 0) is 61.4 Å². The van der Waals surface area contributed by atoms with Gasteiger partial charge in [0.05, 0.1) is 29.6 Å². The molecule has 0 spiro atoms. The number of fused-ring (bicyclic) bond motifs is 1. The number of rotatable bonds is 6. The summed E-state index contributed by atoms with van der Waals surface area (Å²) in [5.41, 5.74) is 0.627. The zero-order valence-electron chi connectivity index (χ0n) is 19.4. The van der Waals surface area contributed by atoms with E-state index >= 15 is 0 Å². The van der Waals surface area contributed by atoms with E-state index in [1.54, 1.807) is 41.3 Å². The number of halogens is 1. The highest BCUT2D eigenvalue weighted by Gasteiger charge is 2.30. The van der Waals surface area contributed by atoms with E-state index in [0.717, 1.165) is 0 Å². The summed E-state index contributed by atoms with van der Waals surface area (Å²) in [4.78, 5) is 45.1. The van der Waals surface area contributed by atoms with Crippen molar-refractivity contribution in [3.63, 3.8) is 0 Å². The van der Waals surface area contributed by atoms with Crippen LogP contribution in [0.2, 0.25) is 0 Å². The Balaban J connectivity index is 1.31. The van der Waals surface area contributed by atoms with Crippen LogP contribution in [0.5, 0.6) is 0 Å². The number of piperidine rings is 1. The summed E-state index contributed by atoms with van der Waals surface area (Å²) < 4.78 is 25.7. The van der Waals surface area contributed by atoms with Crippen LogP contribution in [-0.4, -0.2) is 39.4 Å². The monoisotopic (exact) mass is 489 g/mol. The van der Waals surface area contributed by atoms with Crippen molar-refractivity contribution in [1.82, 2.24) is 14.5 Å². The number of furan rings is 1. The molecule has 36 heavy (non-hydrogen) atoms.